The third-order valence-electron chi connectivity index (χ3n) is 5.67. The molecule has 34 heavy (non-hydrogen) atoms. The highest BCUT2D eigenvalue weighted by Crippen LogP contribution is 2.36. The second-order valence-corrected chi connectivity index (χ2v) is 9.32. The van der Waals surface area contributed by atoms with Gasteiger partial charge in [0, 0.05) is 24.3 Å². The third kappa shape index (κ3) is 4.42. The highest BCUT2D eigenvalue weighted by atomic mass is 127. The van der Waals surface area contributed by atoms with Gasteiger partial charge >= 0.3 is 12.0 Å². The van der Waals surface area contributed by atoms with Crippen molar-refractivity contribution in [3.05, 3.63) is 62.2 Å². The van der Waals surface area contributed by atoms with Crippen molar-refractivity contribution in [2.45, 2.75) is 6.92 Å². The average Bonchev–Trinajstić information content (AvgIpc) is 3.26. The van der Waals surface area contributed by atoms with Crippen molar-refractivity contribution in [1.82, 2.24) is 15.0 Å². The molecule has 5 rings (SSSR count). The monoisotopic (exact) mass is 590 g/mol. The number of benzene rings is 2. The van der Waals surface area contributed by atoms with Crippen molar-refractivity contribution in [2.24, 2.45) is 0 Å². The van der Waals surface area contributed by atoms with Gasteiger partial charge in [0.15, 0.2) is 5.65 Å². The van der Waals surface area contributed by atoms with Crippen LogP contribution in [-0.2, 0) is 4.74 Å². The maximum Gasteiger partial charge on any atom is 0.336 e. The molecule has 0 aliphatic carbocycles. The fraction of sp³-hybridized carbons (Fsp3) is 0.208. The summed E-state index contributed by atoms with van der Waals surface area (Å²) in [6, 6.07) is 13.2. The van der Waals surface area contributed by atoms with Crippen LogP contribution in [0.3, 0.4) is 0 Å². The number of aromatic carboxylic acids is 1. The molecule has 0 saturated carbocycles. The molecule has 0 atom stereocenters. The summed E-state index contributed by atoms with van der Waals surface area (Å²) in [5.74, 6) is -0.651. The lowest BCUT2D eigenvalue weighted by atomic mass is 10.1. The van der Waals surface area contributed by atoms with Gasteiger partial charge in [-0.3, -0.25) is 0 Å². The molecule has 174 valence electrons. The van der Waals surface area contributed by atoms with E-state index in [2.05, 4.69) is 54.6 Å². The van der Waals surface area contributed by atoms with Gasteiger partial charge < -0.3 is 24.5 Å². The number of ether oxygens (including phenoxy) is 2. The number of nitrogens with one attached hydrogen (secondary N) is 1. The van der Waals surface area contributed by atoms with Crippen LogP contribution in [0.1, 0.15) is 15.9 Å². The Balaban J connectivity index is 1.46. The Bertz CT molecular complexity index is 1380. The van der Waals surface area contributed by atoms with E-state index >= 15 is 0 Å². The Morgan fingerprint density at radius 1 is 1.18 bits per heavy atom. The predicted molar refractivity (Wildman–Crippen MR) is 138 cm³/mol. The SMILES string of the molecule is Cc1ccc(Oc2nc3nc(-c4ccc(N5CCOCC5)cc4)c(Cl)c(I)c3[nH]2)cc1C(=O)O. The largest absolute Gasteiger partial charge is 0.478 e. The van der Waals surface area contributed by atoms with E-state index in [1.807, 2.05) is 12.1 Å². The molecule has 0 radical (unpaired) electrons. The molecule has 0 unspecified atom stereocenters. The van der Waals surface area contributed by atoms with Gasteiger partial charge in [-0.05, 0) is 59.3 Å². The summed E-state index contributed by atoms with van der Waals surface area (Å²) in [5.41, 5.74) is 4.59. The van der Waals surface area contributed by atoms with Gasteiger partial charge in [0.1, 0.15) is 11.3 Å². The minimum Gasteiger partial charge on any atom is -0.478 e. The number of hydrogen-bond acceptors (Lipinski definition) is 6. The Labute approximate surface area is 214 Å². The molecular weight excluding hydrogens is 571 g/mol. The standard InChI is InChI=1S/C24H20ClIN4O4/c1-13-2-7-16(12-17(13)23(31)32)34-24-28-21-19(26)18(25)20(27-22(21)29-24)14-3-5-15(6-4-14)30-8-10-33-11-9-30/h2-7,12H,8-11H2,1H3,(H,31,32)(H,27,28,29). The van der Waals surface area contributed by atoms with Crippen LogP contribution in [0, 0.1) is 10.5 Å². The predicted octanol–water partition coefficient (Wildman–Crippen LogP) is 5.52. The zero-order valence-corrected chi connectivity index (χ0v) is 21.1. The van der Waals surface area contributed by atoms with E-state index in [0.717, 1.165) is 41.1 Å². The van der Waals surface area contributed by atoms with E-state index in [9.17, 15) is 9.90 Å². The maximum absolute atomic E-state index is 11.4. The van der Waals surface area contributed by atoms with Crippen LogP contribution in [0.2, 0.25) is 5.02 Å². The molecule has 1 saturated heterocycles. The number of aryl methyl sites for hydroxylation is 1. The number of anilines is 1. The van der Waals surface area contributed by atoms with Gasteiger partial charge in [-0.25, -0.2) is 9.78 Å². The second-order valence-electron chi connectivity index (χ2n) is 7.86. The van der Waals surface area contributed by atoms with Gasteiger partial charge in [0.2, 0.25) is 0 Å². The van der Waals surface area contributed by atoms with Crippen LogP contribution in [0.5, 0.6) is 11.8 Å². The number of aromatic amines is 1. The highest BCUT2D eigenvalue weighted by Gasteiger charge is 2.19. The van der Waals surface area contributed by atoms with Crippen LogP contribution in [0.25, 0.3) is 22.4 Å². The molecule has 2 aromatic heterocycles. The maximum atomic E-state index is 11.4. The van der Waals surface area contributed by atoms with Gasteiger partial charge in [-0.1, -0.05) is 29.8 Å². The number of aromatic nitrogens is 3. The van der Waals surface area contributed by atoms with Crippen LogP contribution in [0.4, 0.5) is 5.69 Å². The Morgan fingerprint density at radius 3 is 2.62 bits per heavy atom. The van der Waals surface area contributed by atoms with Gasteiger partial charge in [0.25, 0.3) is 0 Å². The van der Waals surface area contributed by atoms with E-state index in [4.69, 9.17) is 21.1 Å². The fourth-order valence-corrected chi connectivity index (χ4v) is 4.72. The number of imidazole rings is 1. The molecule has 8 nitrogen and oxygen atoms in total. The number of hydrogen-bond donors (Lipinski definition) is 2. The number of fused-ring (bicyclic) bond motifs is 1. The summed E-state index contributed by atoms with van der Waals surface area (Å²) in [6.45, 7) is 4.93. The van der Waals surface area contributed by atoms with E-state index in [1.165, 1.54) is 6.07 Å². The number of pyridine rings is 1. The summed E-state index contributed by atoms with van der Waals surface area (Å²) in [5, 5.41) is 9.87. The van der Waals surface area contributed by atoms with E-state index in [0.29, 0.717) is 33.2 Å². The number of H-pyrrole nitrogens is 1. The zero-order chi connectivity index (χ0) is 23.8. The quantitative estimate of drug-likeness (QED) is 0.295. The van der Waals surface area contributed by atoms with Crippen LogP contribution in [0.15, 0.2) is 42.5 Å². The smallest absolute Gasteiger partial charge is 0.336 e. The fourth-order valence-electron chi connectivity index (χ4n) is 3.84. The normalized spacial score (nSPS) is 13.9. The Kier molecular flexibility index (Phi) is 6.32. The summed E-state index contributed by atoms with van der Waals surface area (Å²) in [6.07, 6.45) is 0. The molecule has 3 heterocycles. The van der Waals surface area contributed by atoms with Crippen molar-refractivity contribution < 1.29 is 19.4 Å². The van der Waals surface area contributed by atoms with E-state index < -0.39 is 5.97 Å². The summed E-state index contributed by atoms with van der Waals surface area (Å²) in [4.78, 5) is 25.9. The Hall–Kier alpha value is -2.89. The average molecular weight is 591 g/mol. The number of carboxylic acids is 1. The summed E-state index contributed by atoms with van der Waals surface area (Å²) < 4.78 is 12.0. The third-order valence-corrected chi connectivity index (χ3v) is 7.44. The summed E-state index contributed by atoms with van der Waals surface area (Å²) in [7, 11) is 0. The van der Waals surface area contributed by atoms with Crippen LogP contribution >= 0.6 is 34.2 Å². The number of nitrogens with zero attached hydrogens (tertiary/aromatic N) is 3. The second kappa shape index (κ2) is 9.40. The number of halogens is 2. The minimum atomic E-state index is -1.01. The number of morpholine rings is 1. The first-order valence-electron chi connectivity index (χ1n) is 10.6. The number of carboxylic acid groups (broad SMARTS) is 1. The van der Waals surface area contributed by atoms with Gasteiger partial charge in [-0.2, -0.15) is 4.98 Å². The molecule has 0 bridgehead atoms. The molecule has 2 N–H and O–H groups in total. The molecule has 4 aromatic rings. The first-order chi connectivity index (χ1) is 16.4. The lowest BCUT2D eigenvalue weighted by Gasteiger charge is -2.28. The lowest BCUT2D eigenvalue weighted by Crippen LogP contribution is -2.36. The van der Waals surface area contributed by atoms with Crippen molar-refractivity contribution in [3.8, 4) is 23.0 Å². The molecule has 2 aromatic carbocycles. The molecule has 1 fully saturated rings. The van der Waals surface area contributed by atoms with Crippen LogP contribution < -0.4 is 9.64 Å². The minimum absolute atomic E-state index is 0.173. The first-order valence-corrected chi connectivity index (χ1v) is 12.1. The molecule has 0 amide bonds. The van der Waals surface area contributed by atoms with Crippen molar-refractivity contribution in [3.63, 3.8) is 0 Å². The molecule has 1 aliphatic rings. The van der Waals surface area contributed by atoms with Crippen LogP contribution in [-0.4, -0.2) is 52.3 Å². The topological polar surface area (TPSA) is 101 Å². The molecule has 1 aliphatic heterocycles. The molecule has 0 spiro atoms. The number of carbonyl (C=O) groups is 1. The van der Waals surface area contributed by atoms with E-state index in [-0.39, 0.29) is 11.6 Å². The summed E-state index contributed by atoms with van der Waals surface area (Å²) >= 11 is 8.85. The van der Waals surface area contributed by atoms with Crippen molar-refractivity contribution in [1.29, 1.82) is 0 Å². The lowest BCUT2D eigenvalue weighted by molar-refractivity contribution is 0.0695. The molecule has 10 heteroatoms. The van der Waals surface area contributed by atoms with E-state index in [1.54, 1.807) is 19.1 Å². The van der Waals surface area contributed by atoms with Crippen molar-refractivity contribution >= 4 is 57.0 Å². The van der Waals surface area contributed by atoms with Crippen molar-refractivity contribution in [2.75, 3.05) is 31.2 Å². The first kappa shape index (κ1) is 22.9. The Morgan fingerprint density at radius 2 is 1.91 bits per heavy atom. The van der Waals surface area contributed by atoms with Gasteiger partial charge in [0.05, 0.1) is 33.1 Å². The number of rotatable bonds is 5. The molecular formula is C24H20ClIN4O4. The zero-order valence-electron chi connectivity index (χ0n) is 18.1. The van der Waals surface area contributed by atoms with Gasteiger partial charge in [-0.15, -0.1) is 0 Å². The highest BCUT2D eigenvalue weighted by molar-refractivity contribution is 14.1.